The van der Waals surface area contributed by atoms with Crippen LogP contribution in [0.25, 0.3) is 0 Å². The van der Waals surface area contributed by atoms with Crippen LogP contribution in [0.5, 0.6) is 0 Å². The quantitative estimate of drug-likeness (QED) is 0.780. The maximum absolute atomic E-state index is 12.9. The van der Waals surface area contributed by atoms with E-state index in [1.807, 2.05) is 54.4 Å². The molecule has 1 aliphatic heterocycles. The number of likely N-dealkylation sites (N-methyl/N-ethyl adjacent to an activating group) is 1. The van der Waals surface area contributed by atoms with Crippen LogP contribution < -0.4 is 5.73 Å². The Labute approximate surface area is 155 Å². The predicted molar refractivity (Wildman–Crippen MR) is 104 cm³/mol. The minimum Gasteiger partial charge on any atom is -0.399 e. The highest BCUT2D eigenvalue weighted by Crippen LogP contribution is 2.24. The number of benzene rings is 2. The smallest absolute Gasteiger partial charge is 0.227 e. The first kappa shape index (κ1) is 18.4. The molecule has 3 rings (SSSR count). The fourth-order valence-corrected chi connectivity index (χ4v) is 3.46. The van der Waals surface area contributed by atoms with Crippen LogP contribution in [0.4, 0.5) is 5.69 Å². The lowest BCUT2D eigenvalue weighted by Crippen LogP contribution is -2.39. The fourth-order valence-electron chi connectivity index (χ4n) is 3.46. The van der Waals surface area contributed by atoms with Crippen molar-refractivity contribution in [1.29, 1.82) is 0 Å². The van der Waals surface area contributed by atoms with E-state index >= 15 is 0 Å². The van der Waals surface area contributed by atoms with Gasteiger partial charge in [-0.3, -0.25) is 9.69 Å². The summed E-state index contributed by atoms with van der Waals surface area (Å²) in [5.74, 6) is 0.0726. The van der Waals surface area contributed by atoms with Crippen molar-refractivity contribution < 1.29 is 9.90 Å². The van der Waals surface area contributed by atoms with Crippen molar-refractivity contribution in [2.45, 2.75) is 25.0 Å². The normalized spacial score (nSPS) is 18.6. The van der Waals surface area contributed by atoms with E-state index in [9.17, 15) is 9.90 Å². The molecule has 5 heteroatoms. The Morgan fingerprint density at radius 3 is 2.54 bits per heavy atom. The molecule has 26 heavy (non-hydrogen) atoms. The average molecular weight is 353 g/mol. The number of nitrogens with zero attached hydrogens (tertiary/aromatic N) is 2. The molecule has 5 nitrogen and oxygen atoms in total. The molecule has 0 saturated carbocycles. The van der Waals surface area contributed by atoms with Crippen molar-refractivity contribution in [2.24, 2.45) is 0 Å². The molecule has 2 aromatic carbocycles. The van der Waals surface area contributed by atoms with Crippen molar-refractivity contribution in [1.82, 2.24) is 9.80 Å². The number of β-amino-alcohol motifs (C(OH)–C–C–N with tert-alkyl or cyclic N) is 1. The van der Waals surface area contributed by atoms with Gasteiger partial charge in [0.15, 0.2) is 0 Å². The standard InChI is InChI=1S/C21H27N3O2/c1-23(21(26)13-16-7-9-18(22)10-8-16)20(17-5-3-2-4-6-17)15-24-12-11-19(25)14-24/h2-10,19-20,25H,11-15,22H2,1H3/t19?,20-/m0/s1. The first-order chi connectivity index (χ1) is 12.5. The topological polar surface area (TPSA) is 69.8 Å². The van der Waals surface area contributed by atoms with Crippen molar-refractivity contribution in [3.63, 3.8) is 0 Å². The summed E-state index contributed by atoms with van der Waals surface area (Å²) in [6, 6.07) is 17.5. The number of rotatable bonds is 6. The molecule has 1 heterocycles. The number of nitrogens with two attached hydrogens (primary N) is 1. The van der Waals surface area contributed by atoms with Gasteiger partial charge in [0.1, 0.15) is 0 Å². The summed E-state index contributed by atoms with van der Waals surface area (Å²) < 4.78 is 0. The van der Waals surface area contributed by atoms with E-state index < -0.39 is 0 Å². The van der Waals surface area contributed by atoms with E-state index in [1.165, 1.54) is 0 Å². The fraction of sp³-hybridized carbons (Fsp3) is 0.381. The van der Waals surface area contributed by atoms with Gasteiger partial charge in [-0.2, -0.15) is 0 Å². The summed E-state index contributed by atoms with van der Waals surface area (Å²) in [5, 5.41) is 9.82. The van der Waals surface area contributed by atoms with Gasteiger partial charge >= 0.3 is 0 Å². The number of anilines is 1. The minimum absolute atomic E-state index is 0.0391. The van der Waals surface area contributed by atoms with Gasteiger partial charge in [0.25, 0.3) is 0 Å². The molecular formula is C21H27N3O2. The van der Waals surface area contributed by atoms with Crippen LogP contribution in [0.3, 0.4) is 0 Å². The zero-order valence-electron chi connectivity index (χ0n) is 15.2. The van der Waals surface area contributed by atoms with Gasteiger partial charge in [0.05, 0.1) is 18.6 Å². The Kier molecular flexibility index (Phi) is 5.91. The number of carbonyl (C=O) groups is 1. The lowest BCUT2D eigenvalue weighted by molar-refractivity contribution is -0.131. The second-order valence-corrected chi connectivity index (χ2v) is 7.05. The second-order valence-electron chi connectivity index (χ2n) is 7.05. The van der Waals surface area contributed by atoms with Crippen LogP contribution in [0.1, 0.15) is 23.6 Å². The van der Waals surface area contributed by atoms with E-state index in [0.29, 0.717) is 18.7 Å². The van der Waals surface area contributed by atoms with E-state index in [1.54, 1.807) is 0 Å². The van der Waals surface area contributed by atoms with E-state index in [0.717, 1.165) is 30.6 Å². The zero-order chi connectivity index (χ0) is 18.5. The molecule has 1 fully saturated rings. The summed E-state index contributed by atoms with van der Waals surface area (Å²) in [6.45, 7) is 2.26. The Morgan fingerprint density at radius 2 is 1.92 bits per heavy atom. The third-order valence-corrected chi connectivity index (χ3v) is 5.06. The maximum atomic E-state index is 12.9. The SMILES string of the molecule is CN(C(=O)Cc1ccc(N)cc1)[C@@H](CN1CCC(O)C1)c1ccccc1. The highest BCUT2D eigenvalue weighted by molar-refractivity contribution is 5.79. The van der Waals surface area contributed by atoms with Gasteiger partial charge in [0.2, 0.25) is 5.91 Å². The van der Waals surface area contributed by atoms with Crippen LogP contribution in [-0.2, 0) is 11.2 Å². The molecule has 138 valence electrons. The van der Waals surface area contributed by atoms with Crippen LogP contribution in [0.2, 0.25) is 0 Å². The monoisotopic (exact) mass is 353 g/mol. The van der Waals surface area contributed by atoms with Gasteiger partial charge in [-0.05, 0) is 29.7 Å². The maximum Gasteiger partial charge on any atom is 0.227 e. The Morgan fingerprint density at radius 1 is 1.23 bits per heavy atom. The number of aliphatic hydroxyl groups excluding tert-OH is 1. The number of likely N-dealkylation sites (tertiary alicyclic amines) is 1. The molecule has 0 spiro atoms. The summed E-state index contributed by atoms with van der Waals surface area (Å²) in [6.07, 6.45) is 0.884. The highest BCUT2D eigenvalue weighted by Gasteiger charge is 2.28. The highest BCUT2D eigenvalue weighted by atomic mass is 16.3. The minimum atomic E-state index is -0.262. The number of nitrogen functional groups attached to an aromatic ring is 1. The van der Waals surface area contributed by atoms with E-state index in [4.69, 9.17) is 5.73 Å². The third kappa shape index (κ3) is 4.62. The second kappa shape index (κ2) is 8.34. The zero-order valence-corrected chi connectivity index (χ0v) is 15.2. The van der Waals surface area contributed by atoms with Gasteiger partial charge in [-0.1, -0.05) is 42.5 Å². The Balaban J connectivity index is 1.74. The van der Waals surface area contributed by atoms with Crippen LogP contribution in [0.15, 0.2) is 54.6 Å². The van der Waals surface area contributed by atoms with Crippen LogP contribution in [0, 0.1) is 0 Å². The van der Waals surface area contributed by atoms with Gasteiger partial charge in [0, 0.05) is 32.4 Å². The summed E-state index contributed by atoms with van der Waals surface area (Å²) in [4.78, 5) is 16.9. The molecule has 0 bridgehead atoms. The molecule has 1 amide bonds. The predicted octanol–water partition coefficient (Wildman–Crippen LogP) is 2.08. The van der Waals surface area contributed by atoms with Gasteiger partial charge in [-0.15, -0.1) is 0 Å². The number of aliphatic hydroxyl groups is 1. The van der Waals surface area contributed by atoms with Crippen molar-refractivity contribution >= 4 is 11.6 Å². The summed E-state index contributed by atoms with van der Waals surface area (Å²) >= 11 is 0. The molecule has 2 atom stereocenters. The molecule has 0 aliphatic carbocycles. The Hall–Kier alpha value is -2.37. The van der Waals surface area contributed by atoms with Gasteiger partial charge in [-0.25, -0.2) is 0 Å². The van der Waals surface area contributed by atoms with Crippen LogP contribution in [-0.4, -0.2) is 53.6 Å². The average Bonchev–Trinajstić information content (AvgIpc) is 3.07. The Bertz CT molecular complexity index is 718. The molecule has 1 aliphatic rings. The summed E-state index contributed by atoms with van der Waals surface area (Å²) in [5.41, 5.74) is 8.49. The molecule has 0 radical (unpaired) electrons. The van der Waals surface area contributed by atoms with E-state index in [-0.39, 0.29) is 18.1 Å². The number of hydrogen-bond donors (Lipinski definition) is 2. The lowest BCUT2D eigenvalue weighted by atomic mass is 10.0. The van der Waals surface area contributed by atoms with Crippen molar-refractivity contribution in [3.05, 3.63) is 65.7 Å². The molecule has 3 N–H and O–H groups in total. The van der Waals surface area contributed by atoms with Crippen molar-refractivity contribution in [3.8, 4) is 0 Å². The third-order valence-electron chi connectivity index (χ3n) is 5.06. The first-order valence-electron chi connectivity index (χ1n) is 9.08. The number of carbonyl (C=O) groups excluding carboxylic acids is 1. The summed E-state index contributed by atoms with van der Waals surface area (Å²) in [7, 11) is 1.86. The molecule has 2 aromatic rings. The molecule has 1 unspecified atom stereocenters. The molecule has 0 aromatic heterocycles. The lowest BCUT2D eigenvalue weighted by Gasteiger charge is -2.32. The molecule has 1 saturated heterocycles. The van der Waals surface area contributed by atoms with E-state index in [2.05, 4.69) is 17.0 Å². The van der Waals surface area contributed by atoms with Crippen LogP contribution >= 0.6 is 0 Å². The largest absolute Gasteiger partial charge is 0.399 e. The van der Waals surface area contributed by atoms with Crippen molar-refractivity contribution in [2.75, 3.05) is 32.4 Å². The number of hydrogen-bond acceptors (Lipinski definition) is 4. The van der Waals surface area contributed by atoms with Gasteiger partial charge < -0.3 is 15.7 Å². The number of amides is 1. The first-order valence-corrected chi connectivity index (χ1v) is 9.08. The molecular weight excluding hydrogens is 326 g/mol.